The number of hydrogen-bond acceptors (Lipinski definition) is 6. The molecule has 3 aromatic carbocycles. The molecule has 1 amide bonds. The van der Waals surface area contributed by atoms with Crippen LogP contribution in [-0.4, -0.2) is 23.1 Å². The fourth-order valence-electron chi connectivity index (χ4n) is 3.40. The maximum absolute atomic E-state index is 13.3. The highest BCUT2D eigenvalue weighted by Gasteiger charge is 2.32. The number of hydrogen-bond donors (Lipinski definition) is 1. The molecule has 178 valence electrons. The van der Waals surface area contributed by atoms with Crippen LogP contribution in [0.3, 0.4) is 0 Å². The summed E-state index contributed by atoms with van der Waals surface area (Å²) in [4.78, 5) is 24.6. The van der Waals surface area contributed by atoms with Gasteiger partial charge in [0.2, 0.25) is 0 Å². The lowest BCUT2D eigenvalue weighted by atomic mass is 10.1. The summed E-state index contributed by atoms with van der Waals surface area (Å²) in [7, 11) is 1.51. The zero-order valence-electron chi connectivity index (χ0n) is 18.2. The Hall–Kier alpha value is -4.02. The summed E-state index contributed by atoms with van der Waals surface area (Å²) in [5.74, 6) is 0.0151. The summed E-state index contributed by atoms with van der Waals surface area (Å²) >= 11 is 11.4. The number of nitrogens with zero attached hydrogens (tertiary/aromatic N) is 2. The lowest BCUT2D eigenvalue weighted by Gasteiger charge is -2.13. The average molecular weight is 514 g/mol. The SMILES string of the molecule is COc1ccc(/C=C2/NC(=S)N(c3ccc(F)cc3)C2=O)cc1COc1ccc([N+](=O)[O-])cc1Cl. The van der Waals surface area contributed by atoms with Gasteiger partial charge in [0, 0.05) is 17.7 Å². The minimum absolute atomic E-state index is 0.0548. The van der Waals surface area contributed by atoms with Crippen molar-refractivity contribution in [2.24, 2.45) is 0 Å². The number of nitrogens with one attached hydrogen (secondary N) is 1. The van der Waals surface area contributed by atoms with Crippen LogP contribution in [0.1, 0.15) is 11.1 Å². The molecule has 11 heteroatoms. The van der Waals surface area contributed by atoms with E-state index >= 15 is 0 Å². The second-order valence-electron chi connectivity index (χ2n) is 7.34. The molecule has 0 atom stereocenters. The van der Waals surface area contributed by atoms with Crippen molar-refractivity contribution in [3.63, 3.8) is 0 Å². The van der Waals surface area contributed by atoms with Gasteiger partial charge in [-0.2, -0.15) is 0 Å². The Morgan fingerprint density at radius 3 is 2.51 bits per heavy atom. The second kappa shape index (κ2) is 10.1. The van der Waals surface area contributed by atoms with E-state index in [1.54, 1.807) is 24.3 Å². The second-order valence-corrected chi connectivity index (χ2v) is 8.13. The Kier molecular flexibility index (Phi) is 6.94. The molecule has 4 rings (SSSR count). The Morgan fingerprint density at radius 1 is 1.14 bits per heavy atom. The molecule has 0 unspecified atom stereocenters. The number of carbonyl (C=O) groups is 1. The van der Waals surface area contributed by atoms with Gasteiger partial charge in [-0.05, 0) is 66.3 Å². The number of thiocarbonyl (C=S) groups is 1. The monoisotopic (exact) mass is 513 g/mol. The maximum atomic E-state index is 13.3. The fourth-order valence-corrected chi connectivity index (χ4v) is 3.93. The number of amides is 1. The first kappa shape index (κ1) is 24.1. The molecule has 0 bridgehead atoms. The molecule has 1 aliphatic heterocycles. The molecule has 0 saturated carbocycles. The van der Waals surface area contributed by atoms with Gasteiger partial charge in [0.1, 0.15) is 29.6 Å². The van der Waals surface area contributed by atoms with Gasteiger partial charge in [0.05, 0.1) is 22.7 Å². The van der Waals surface area contributed by atoms with E-state index in [-0.39, 0.29) is 39.8 Å². The van der Waals surface area contributed by atoms with Crippen molar-refractivity contribution in [3.05, 3.63) is 98.4 Å². The van der Waals surface area contributed by atoms with Crippen LogP contribution in [0.15, 0.2) is 66.4 Å². The zero-order chi connectivity index (χ0) is 25.1. The number of nitro benzene ring substituents is 1. The summed E-state index contributed by atoms with van der Waals surface area (Å²) in [5.41, 5.74) is 1.87. The first-order valence-corrected chi connectivity index (χ1v) is 10.9. The molecule has 1 N–H and O–H groups in total. The van der Waals surface area contributed by atoms with Crippen LogP contribution in [0.2, 0.25) is 5.02 Å². The minimum atomic E-state index is -0.545. The standard InChI is InChI=1S/C24H17ClFN3O5S/c1-33-21-8-2-14(10-15(21)13-34-22-9-7-18(29(31)32)12-19(22)25)11-20-23(30)28(24(35)27-20)17-5-3-16(26)4-6-17/h2-12H,13H2,1H3,(H,27,35)/b20-11+. The quantitative estimate of drug-likeness (QED) is 0.200. The molecule has 0 radical (unpaired) electrons. The van der Waals surface area contributed by atoms with Crippen molar-refractivity contribution < 1.29 is 23.6 Å². The zero-order valence-corrected chi connectivity index (χ0v) is 19.7. The van der Waals surface area contributed by atoms with E-state index in [1.165, 1.54) is 54.5 Å². The van der Waals surface area contributed by atoms with Gasteiger partial charge in [0.15, 0.2) is 5.11 Å². The summed E-state index contributed by atoms with van der Waals surface area (Å²) in [6.07, 6.45) is 1.62. The highest BCUT2D eigenvalue weighted by Crippen LogP contribution is 2.31. The molecule has 8 nitrogen and oxygen atoms in total. The molecule has 0 aliphatic carbocycles. The number of halogens is 2. The van der Waals surface area contributed by atoms with Crippen LogP contribution in [0.4, 0.5) is 15.8 Å². The van der Waals surface area contributed by atoms with E-state index in [4.69, 9.17) is 33.3 Å². The van der Waals surface area contributed by atoms with Gasteiger partial charge in [-0.3, -0.25) is 19.8 Å². The van der Waals surface area contributed by atoms with Gasteiger partial charge in [0.25, 0.3) is 11.6 Å². The number of methoxy groups -OCH3 is 1. The van der Waals surface area contributed by atoms with Crippen LogP contribution in [0.5, 0.6) is 11.5 Å². The Morgan fingerprint density at radius 2 is 1.86 bits per heavy atom. The molecule has 1 heterocycles. The number of nitro groups is 1. The van der Waals surface area contributed by atoms with E-state index < -0.39 is 10.7 Å². The van der Waals surface area contributed by atoms with Crippen molar-refractivity contribution in [1.82, 2.24) is 5.32 Å². The van der Waals surface area contributed by atoms with E-state index in [1.807, 2.05) is 0 Å². The van der Waals surface area contributed by atoms with E-state index in [9.17, 15) is 19.3 Å². The third-order valence-electron chi connectivity index (χ3n) is 5.09. The van der Waals surface area contributed by atoms with Gasteiger partial charge in [-0.15, -0.1) is 0 Å². The fraction of sp³-hybridized carbons (Fsp3) is 0.0833. The van der Waals surface area contributed by atoms with Crippen LogP contribution in [-0.2, 0) is 11.4 Å². The summed E-state index contributed by atoms with van der Waals surface area (Å²) in [6.45, 7) is 0.0548. The van der Waals surface area contributed by atoms with Crippen molar-refractivity contribution in [2.75, 3.05) is 12.0 Å². The highest BCUT2D eigenvalue weighted by atomic mass is 35.5. The summed E-state index contributed by atoms with van der Waals surface area (Å²) < 4.78 is 24.4. The van der Waals surface area contributed by atoms with Gasteiger partial charge < -0.3 is 14.8 Å². The average Bonchev–Trinajstić information content (AvgIpc) is 3.11. The number of anilines is 1. The molecule has 3 aromatic rings. The molecular formula is C24H17ClFN3O5S. The predicted octanol–water partition coefficient (Wildman–Crippen LogP) is 5.24. The Balaban J connectivity index is 1.56. The molecule has 1 saturated heterocycles. The van der Waals surface area contributed by atoms with Gasteiger partial charge in [-0.1, -0.05) is 17.7 Å². The van der Waals surface area contributed by atoms with Crippen molar-refractivity contribution >= 4 is 52.3 Å². The first-order valence-electron chi connectivity index (χ1n) is 10.1. The minimum Gasteiger partial charge on any atom is -0.496 e. The summed E-state index contributed by atoms with van der Waals surface area (Å²) in [6, 6.07) is 14.6. The van der Waals surface area contributed by atoms with Crippen molar-refractivity contribution in [1.29, 1.82) is 0 Å². The number of non-ortho nitro benzene ring substituents is 1. The number of benzene rings is 3. The first-order chi connectivity index (χ1) is 16.8. The Labute approximate surface area is 209 Å². The lowest BCUT2D eigenvalue weighted by molar-refractivity contribution is -0.384. The molecule has 1 fully saturated rings. The predicted molar refractivity (Wildman–Crippen MR) is 133 cm³/mol. The van der Waals surface area contributed by atoms with Gasteiger partial charge >= 0.3 is 0 Å². The lowest BCUT2D eigenvalue weighted by Crippen LogP contribution is -2.30. The Bertz CT molecular complexity index is 1360. The van der Waals surface area contributed by atoms with E-state index in [2.05, 4.69) is 5.32 Å². The largest absolute Gasteiger partial charge is 0.496 e. The molecular weight excluding hydrogens is 497 g/mol. The third-order valence-corrected chi connectivity index (χ3v) is 5.67. The summed E-state index contributed by atoms with van der Waals surface area (Å²) in [5, 5.41) is 14.1. The van der Waals surface area contributed by atoms with Crippen LogP contribution in [0, 0.1) is 15.9 Å². The van der Waals surface area contributed by atoms with Crippen LogP contribution < -0.4 is 19.7 Å². The molecule has 35 heavy (non-hydrogen) atoms. The normalized spacial score (nSPS) is 14.3. The topological polar surface area (TPSA) is 93.9 Å². The smallest absolute Gasteiger partial charge is 0.281 e. The highest BCUT2D eigenvalue weighted by molar-refractivity contribution is 7.80. The van der Waals surface area contributed by atoms with E-state index in [0.717, 1.165) is 0 Å². The molecule has 0 aromatic heterocycles. The van der Waals surface area contributed by atoms with Crippen molar-refractivity contribution in [2.45, 2.75) is 6.61 Å². The van der Waals surface area contributed by atoms with Crippen LogP contribution in [0.25, 0.3) is 6.08 Å². The maximum Gasteiger partial charge on any atom is 0.281 e. The number of carbonyl (C=O) groups excluding carboxylic acids is 1. The number of ether oxygens (including phenoxy) is 2. The number of rotatable bonds is 7. The van der Waals surface area contributed by atoms with Crippen LogP contribution >= 0.6 is 23.8 Å². The van der Waals surface area contributed by atoms with Crippen molar-refractivity contribution in [3.8, 4) is 11.5 Å². The van der Waals surface area contributed by atoms with Gasteiger partial charge in [-0.25, -0.2) is 4.39 Å². The molecule has 0 spiro atoms. The van der Waals surface area contributed by atoms with E-state index in [0.29, 0.717) is 22.6 Å². The third kappa shape index (κ3) is 5.23. The molecule has 1 aliphatic rings.